The third-order valence-corrected chi connectivity index (χ3v) is 7.95. The van der Waals surface area contributed by atoms with Gasteiger partial charge in [0.15, 0.2) is 5.78 Å². The SMILES string of the molecule is CC1CC2C3CCC4=CC(=O)CC[C@]4(C)C3CC[C@]2(C)C1. The standard InChI is InChI=1S/C20H30O/c1-13-10-18-16-5-4-14-11-15(21)6-9-20(14,3)17(16)7-8-19(18,2)12-13/h11,13,16-18H,4-10,12H2,1-3H3/t13?,16?,17?,18?,19-,20+/m1/s1. The summed E-state index contributed by atoms with van der Waals surface area (Å²) in [5.41, 5.74) is 2.49. The van der Waals surface area contributed by atoms with Crippen LogP contribution in [0.25, 0.3) is 0 Å². The molecule has 4 aliphatic rings. The highest BCUT2D eigenvalue weighted by molar-refractivity contribution is 5.91. The van der Waals surface area contributed by atoms with Gasteiger partial charge in [-0.25, -0.2) is 0 Å². The molecule has 4 rings (SSSR count). The summed E-state index contributed by atoms with van der Waals surface area (Å²) in [5.74, 6) is 4.06. The maximum absolute atomic E-state index is 11.8. The van der Waals surface area contributed by atoms with Gasteiger partial charge in [-0.05, 0) is 85.5 Å². The van der Waals surface area contributed by atoms with Gasteiger partial charge in [-0.2, -0.15) is 0 Å². The minimum atomic E-state index is 0.351. The van der Waals surface area contributed by atoms with Crippen LogP contribution in [0.4, 0.5) is 0 Å². The van der Waals surface area contributed by atoms with E-state index in [4.69, 9.17) is 0 Å². The molecular weight excluding hydrogens is 256 g/mol. The number of hydrogen-bond acceptors (Lipinski definition) is 1. The second kappa shape index (κ2) is 4.46. The molecule has 3 saturated carbocycles. The number of ketones is 1. The molecule has 116 valence electrons. The number of fused-ring (bicyclic) bond motifs is 5. The molecule has 4 unspecified atom stereocenters. The van der Waals surface area contributed by atoms with E-state index in [1.165, 1.54) is 44.1 Å². The molecule has 4 aliphatic carbocycles. The topological polar surface area (TPSA) is 17.1 Å². The first-order valence-electron chi connectivity index (χ1n) is 9.16. The molecule has 0 aliphatic heterocycles. The highest BCUT2D eigenvalue weighted by Crippen LogP contribution is 2.65. The van der Waals surface area contributed by atoms with E-state index in [0.29, 0.717) is 16.6 Å². The van der Waals surface area contributed by atoms with Gasteiger partial charge in [0, 0.05) is 6.42 Å². The Morgan fingerprint density at radius 2 is 1.90 bits per heavy atom. The van der Waals surface area contributed by atoms with E-state index < -0.39 is 0 Å². The molecule has 0 spiro atoms. The highest BCUT2D eigenvalue weighted by atomic mass is 16.1. The summed E-state index contributed by atoms with van der Waals surface area (Å²) in [6.07, 6.45) is 12.3. The Morgan fingerprint density at radius 1 is 1.10 bits per heavy atom. The third kappa shape index (κ3) is 1.92. The van der Waals surface area contributed by atoms with E-state index in [-0.39, 0.29) is 0 Å². The Hall–Kier alpha value is -0.590. The van der Waals surface area contributed by atoms with Crippen molar-refractivity contribution in [1.29, 1.82) is 0 Å². The zero-order valence-electron chi connectivity index (χ0n) is 14.0. The summed E-state index contributed by atoms with van der Waals surface area (Å²) in [7, 11) is 0. The van der Waals surface area contributed by atoms with E-state index in [2.05, 4.69) is 20.8 Å². The minimum Gasteiger partial charge on any atom is -0.295 e. The van der Waals surface area contributed by atoms with Gasteiger partial charge in [0.2, 0.25) is 0 Å². The Morgan fingerprint density at radius 3 is 2.71 bits per heavy atom. The van der Waals surface area contributed by atoms with Gasteiger partial charge in [-0.1, -0.05) is 26.3 Å². The molecule has 0 aromatic rings. The van der Waals surface area contributed by atoms with Crippen LogP contribution in [0.5, 0.6) is 0 Å². The van der Waals surface area contributed by atoms with Crippen molar-refractivity contribution in [2.24, 2.45) is 34.5 Å². The summed E-state index contributed by atoms with van der Waals surface area (Å²) in [6.45, 7) is 7.53. The molecule has 1 nitrogen and oxygen atoms in total. The summed E-state index contributed by atoms with van der Waals surface area (Å²) in [6, 6.07) is 0. The van der Waals surface area contributed by atoms with Crippen molar-refractivity contribution in [2.45, 2.75) is 72.1 Å². The molecule has 21 heavy (non-hydrogen) atoms. The minimum absolute atomic E-state index is 0.351. The second-order valence-corrected chi connectivity index (χ2v) is 9.21. The fourth-order valence-electron chi connectivity index (χ4n) is 6.98. The maximum Gasteiger partial charge on any atom is 0.155 e. The van der Waals surface area contributed by atoms with Crippen molar-refractivity contribution in [1.82, 2.24) is 0 Å². The third-order valence-electron chi connectivity index (χ3n) is 7.95. The van der Waals surface area contributed by atoms with Gasteiger partial charge >= 0.3 is 0 Å². The predicted molar refractivity (Wildman–Crippen MR) is 85.9 cm³/mol. The smallest absolute Gasteiger partial charge is 0.155 e. The van der Waals surface area contributed by atoms with Crippen molar-refractivity contribution < 1.29 is 4.79 Å². The molecule has 0 radical (unpaired) electrons. The Balaban J connectivity index is 1.68. The van der Waals surface area contributed by atoms with Gasteiger partial charge < -0.3 is 0 Å². The molecule has 3 fully saturated rings. The molecule has 6 atom stereocenters. The average molecular weight is 286 g/mol. The maximum atomic E-state index is 11.8. The van der Waals surface area contributed by atoms with Crippen molar-refractivity contribution in [2.75, 3.05) is 0 Å². The van der Waals surface area contributed by atoms with Gasteiger partial charge in [0.1, 0.15) is 0 Å². The number of allylic oxidation sites excluding steroid dienone is 1. The van der Waals surface area contributed by atoms with Crippen LogP contribution in [0, 0.1) is 34.5 Å². The average Bonchev–Trinajstić information content (AvgIpc) is 2.74. The van der Waals surface area contributed by atoms with E-state index in [0.717, 1.165) is 36.5 Å². The Labute approximate surface area is 129 Å². The molecule has 0 amide bonds. The van der Waals surface area contributed by atoms with Crippen LogP contribution in [-0.4, -0.2) is 5.78 Å². The van der Waals surface area contributed by atoms with Crippen LogP contribution in [0.3, 0.4) is 0 Å². The lowest BCUT2D eigenvalue weighted by molar-refractivity contribution is -0.117. The lowest BCUT2D eigenvalue weighted by Crippen LogP contribution is -2.49. The fraction of sp³-hybridized carbons (Fsp3) is 0.850. The lowest BCUT2D eigenvalue weighted by Gasteiger charge is -2.57. The Bertz CT molecular complexity index is 504. The predicted octanol–water partition coefficient (Wildman–Crippen LogP) is 5.15. The number of hydrogen-bond donors (Lipinski definition) is 0. The van der Waals surface area contributed by atoms with Crippen molar-refractivity contribution in [3.63, 3.8) is 0 Å². The van der Waals surface area contributed by atoms with Gasteiger partial charge in [0.05, 0.1) is 0 Å². The molecule has 0 aromatic heterocycles. The van der Waals surface area contributed by atoms with E-state index in [1.54, 1.807) is 0 Å². The van der Waals surface area contributed by atoms with Crippen molar-refractivity contribution in [3.05, 3.63) is 11.6 Å². The van der Waals surface area contributed by atoms with Crippen LogP contribution >= 0.6 is 0 Å². The van der Waals surface area contributed by atoms with E-state index in [1.807, 2.05) is 6.08 Å². The van der Waals surface area contributed by atoms with Gasteiger partial charge in [-0.15, -0.1) is 0 Å². The first-order valence-corrected chi connectivity index (χ1v) is 9.16. The second-order valence-electron chi connectivity index (χ2n) is 9.21. The quantitative estimate of drug-likeness (QED) is 0.601. The summed E-state index contributed by atoms with van der Waals surface area (Å²) in [4.78, 5) is 11.8. The molecule has 0 aromatic carbocycles. The molecule has 1 heteroatoms. The highest BCUT2D eigenvalue weighted by Gasteiger charge is 2.57. The first-order chi connectivity index (χ1) is 9.92. The Kier molecular flexibility index (Phi) is 2.98. The lowest BCUT2D eigenvalue weighted by atomic mass is 9.47. The molecule has 0 heterocycles. The van der Waals surface area contributed by atoms with Crippen LogP contribution in [0.15, 0.2) is 11.6 Å². The summed E-state index contributed by atoms with van der Waals surface area (Å²) >= 11 is 0. The summed E-state index contributed by atoms with van der Waals surface area (Å²) in [5, 5.41) is 0. The van der Waals surface area contributed by atoms with E-state index in [9.17, 15) is 4.79 Å². The van der Waals surface area contributed by atoms with Crippen LogP contribution in [0.2, 0.25) is 0 Å². The normalized spacial score (nSPS) is 52.7. The monoisotopic (exact) mass is 286 g/mol. The largest absolute Gasteiger partial charge is 0.295 e. The number of rotatable bonds is 0. The molecular formula is C20H30O. The molecule has 0 saturated heterocycles. The van der Waals surface area contributed by atoms with Crippen molar-refractivity contribution in [3.8, 4) is 0 Å². The molecule has 0 N–H and O–H groups in total. The van der Waals surface area contributed by atoms with Crippen LogP contribution in [0.1, 0.15) is 72.1 Å². The van der Waals surface area contributed by atoms with Gasteiger partial charge in [-0.3, -0.25) is 4.79 Å². The zero-order valence-corrected chi connectivity index (χ0v) is 14.0. The number of carbonyl (C=O) groups is 1. The van der Waals surface area contributed by atoms with Gasteiger partial charge in [0.25, 0.3) is 0 Å². The number of carbonyl (C=O) groups excluding carboxylic acids is 1. The van der Waals surface area contributed by atoms with Crippen LogP contribution < -0.4 is 0 Å². The fourth-order valence-corrected chi connectivity index (χ4v) is 6.98. The molecule has 0 bridgehead atoms. The summed E-state index contributed by atoms with van der Waals surface area (Å²) < 4.78 is 0. The van der Waals surface area contributed by atoms with Crippen LogP contribution in [-0.2, 0) is 4.79 Å². The zero-order chi connectivity index (χ0) is 14.8. The van der Waals surface area contributed by atoms with E-state index >= 15 is 0 Å². The van der Waals surface area contributed by atoms with Crippen molar-refractivity contribution >= 4 is 5.78 Å². The first kappa shape index (κ1) is 14.0.